The van der Waals surface area contributed by atoms with Crippen molar-refractivity contribution in [3.05, 3.63) is 194 Å². The van der Waals surface area contributed by atoms with Crippen LogP contribution >= 0.6 is 11.3 Å². The molecule has 0 saturated heterocycles. The summed E-state index contributed by atoms with van der Waals surface area (Å²) < 4.78 is 1.23. The van der Waals surface area contributed by atoms with E-state index in [0.717, 1.165) is 60.9 Å². The molecule has 4 nitrogen and oxygen atoms in total. The van der Waals surface area contributed by atoms with E-state index >= 15 is 0 Å². The van der Waals surface area contributed by atoms with Gasteiger partial charge in [0.15, 0.2) is 17.5 Å². The molecule has 0 fully saturated rings. The lowest BCUT2D eigenvalue weighted by Gasteiger charge is -2.12. The van der Waals surface area contributed by atoms with Crippen LogP contribution in [0.3, 0.4) is 0 Å². The molecule has 0 unspecified atom stereocenters. The predicted octanol–water partition coefficient (Wildman–Crippen LogP) is 13.3. The second kappa shape index (κ2) is 14.0. The molecule has 0 bridgehead atoms. The highest BCUT2D eigenvalue weighted by Crippen LogP contribution is 2.50. The van der Waals surface area contributed by atoms with E-state index in [1.807, 2.05) is 47.7 Å². The lowest BCUT2D eigenvalue weighted by Crippen LogP contribution is -2.00. The molecule has 7 aromatic carbocycles. The van der Waals surface area contributed by atoms with Gasteiger partial charge >= 0.3 is 0 Å². The Bertz CT molecular complexity index is 2940. The SMILES string of the molecule is c1ccc(-c2cccc(-c3nc(-c4ccccc4)nc(-c4ccc(-c5c(-c6ccccc6)sc6c5c(-c5ccccc5)nc5ccccc56)cc4)n3)c2)cc1. The zero-order valence-electron chi connectivity index (χ0n) is 29.7. The molecule has 258 valence electrons. The summed E-state index contributed by atoms with van der Waals surface area (Å²) in [6.07, 6.45) is 0. The molecule has 0 radical (unpaired) electrons. The third-order valence-electron chi connectivity index (χ3n) is 9.94. The second-order valence-corrected chi connectivity index (χ2v) is 14.4. The zero-order chi connectivity index (χ0) is 36.6. The van der Waals surface area contributed by atoms with E-state index in [0.29, 0.717) is 17.5 Å². The summed E-state index contributed by atoms with van der Waals surface area (Å²) in [7, 11) is 0. The van der Waals surface area contributed by atoms with E-state index in [2.05, 4.69) is 158 Å². The number of benzene rings is 7. The van der Waals surface area contributed by atoms with Gasteiger partial charge in [0, 0.05) is 48.2 Å². The molecule has 0 N–H and O–H groups in total. The molecule has 0 spiro atoms. The number of thiophene rings is 1. The van der Waals surface area contributed by atoms with Crippen molar-refractivity contribution in [3.8, 4) is 78.1 Å². The van der Waals surface area contributed by atoms with Gasteiger partial charge < -0.3 is 0 Å². The Hall–Kier alpha value is -7.08. The number of rotatable bonds is 7. The third kappa shape index (κ3) is 6.17. The van der Waals surface area contributed by atoms with Crippen molar-refractivity contribution in [2.45, 2.75) is 0 Å². The number of hydrogen-bond acceptors (Lipinski definition) is 5. The molecule has 3 aromatic heterocycles. The van der Waals surface area contributed by atoms with Crippen LogP contribution in [0, 0.1) is 0 Å². The highest BCUT2D eigenvalue weighted by atomic mass is 32.1. The summed E-state index contributed by atoms with van der Waals surface area (Å²) in [6.45, 7) is 0. The maximum atomic E-state index is 5.31. The largest absolute Gasteiger partial charge is 0.247 e. The van der Waals surface area contributed by atoms with E-state index in [4.69, 9.17) is 19.9 Å². The fourth-order valence-electron chi connectivity index (χ4n) is 7.26. The minimum atomic E-state index is 0.622. The average molecular weight is 721 g/mol. The first-order valence-electron chi connectivity index (χ1n) is 18.3. The summed E-state index contributed by atoms with van der Waals surface area (Å²) in [4.78, 5) is 21.7. The monoisotopic (exact) mass is 720 g/mol. The van der Waals surface area contributed by atoms with Gasteiger partial charge in [-0.2, -0.15) is 0 Å². The topological polar surface area (TPSA) is 51.6 Å². The van der Waals surface area contributed by atoms with Crippen LogP contribution in [0.4, 0.5) is 0 Å². The number of hydrogen-bond donors (Lipinski definition) is 0. The van der Waals surface area contributed by atoms with E-state index in [1.54, 1.807) is 0 Å². The molecule has 3 heterocycles. The van der Waals surface area contributed by atoms with Crippen LogP contribution in [0.15, 0.2) is 194 Å². The van der Waals surface area contributed by atoms with Crippen LogP contribution in [-0.4, -0.2) is 19.9 Å². The Morgan fingerprint density at radius 1 is 0.327 bits per heavy atom. The van der Waals surface area contributed by atoms with Crippen molar-refractivity contribution >= 4 is 32.3 Å². The van der Waals surface area contributed by atoms with Gasteiger partial charge in [-0.15, -0.1) is 11.3 Å². The van der Waals surface area contributed by atoms with E-state index in [1.165, 1.54) is 20.7 Å². The van der Waals surface area contributed by atoms with Crippen molar-refractivity contribution in [1.82, 2.24) is 19.9 Å². The summed E-state index contributed by atoms with van der Waals surface area (Å²) in [5.41, 5.74) is 11.6. The van der Waals surface area contributed by atoms with E-state index < -0.39 is 0 Å². The number of nitrogens with zero attached hydrogens (tertiary/aromatic N) is 4. The van der Waals surface area contributed by atoms with E-state index in [9.17, 15) is 0 Å². The Labute approximate surface area is 323 Å². The Balaban J connectivity index is 1.15. The Kier molecular flexibility index (Phi) is 8.32. The summed E-state index contributed by atoms with van der Waals surface area (Å²) >= 11 is 1.84. The molecule has 0 saturated carbocycles. The van der Waals surface area contributed by atoms with Gasteiger partial charge in [-0.1, -0.05) is 182 Å². The normalized spacial score (nSPS) is 11.3. The first-order chi connectivity index (χ1) is 27.3. The zero-order valence-corrected chi connectivity index (χ0v) is 30.5. The average Bonchev–Trinajstić information content (AvgIpc) is 3.68. The summed E-state index contributed by atoms with van der Waals surface area (Å²) in [5.74, 6) is 1.89. The highest BCUT2D eigenvalue weighted by Gasteiger charge is 2.23. The molecule has 0 atom stereocenters. The van der Waals surface area contributed by atoms with Crippen LogP contribution < -0.4 is 0 Å². The van der Waals surface area contributed by atoms with Crippen molar-refractivity contribution < 1.29 is 0 Å². The highest BCUT2D eigenvalue weighted by molar-refractivity contribution is 7.24. The van der Waals surface area contributed by atoms with Crippen LogP contribution in [-0.2, 0) is 0 Å². The van der Waals surface area contributed by atoms with Gasteiger partial charge in [0.25, 0.3) is 0 Å². The lowest BCUT2D eigenvalue weighted by molar-refractivity contribution is 1.07. The van der Waals surface area contributed by atoms with Gasteiger partial charge in [0.05, 0.1) is 11.2 Å². The molecule has 10 rings (SSSR count). The summed E-state index contributed by atoms with van der Waals surface area (Å²) in [5, 5.41) is 2.32. The molecular formula is C50H32N4S. The van der Waals surface area contributed by atoms with E-state index in [-0.39, 0.29) is 0 Å². The lowest BCUT2D eigenvalue weighted by atomic mass is 9.94. The first-order valence-corrected chi connectivity index (χ1v) is 19.1. The molecule has 0 amide bonds. The molecule has 10 aromatic rings. The quantitative estimate of drug-likeness (QED) is 0.164. The van der Waals surface area contributed by atoms with Gasteiger partial charge in [-0.05, 0) is 34.4 Å². The number of fused-ring (bicyclic) bond motifs is 3. The first kappa shape index (κ1) is 32.6. The fraction of sp³-hybridized carbons (Fsp3) is 0. The Morgan fingerprint density at radius 2 is 0.800 bits per heavy atom. The number of pyridine rings is 1. The van der Waals surface area contributed by atoms with Crippen LogP contribution in [0.2, 0.25) is 0 Å². The fourth-order valence-corrected chi connectivity index (χ4v) is 8.63. The minimum Gasteiger partial charge on any atom is -0.247 e. The van der Waals surface area contributed by atoms with Crippen molar-refractivity contribution in [2.75, 3.05) is 0 Å². The molecule has 0 aliphatic heterocycles. The maximum absolute atomic E-state index is 5.31. The van der Waals surface area contributed by atoms with Crippen molar-refractivity contribution in [3.63, 3.8) is 0 Å². The smallest absolute Gasteiger partial charge is 0.164 e. The predicted molar refractivity (Wildman–Crippen MR) is 229 cm³/mol. The van der Waals surface area contributed by atoms with Crippen LogP contribution in [0.25, 0.3) is 99.1 Å². The summed E-state index contributed by atoms with van der Waals surface area (Å²) in [6, 6.07) is 67.3. The number of aromatic nitrogens is 4. The number of para-hydroxylation sites is 1. The van der Waals surface area contributed by atoms with Gasteiger partial charge in [-0.3, -0.25) is 0 Å². The molecule has 0 aliphatic carbocycles. The minimum absolute atomic E-state index is 0.622. The molecular weight excluding hydrogens is 689 g/mol. The standard InChI is InChI=1S/C50H32N4S/c1-5-16-33(17-6-1)39-24-15-25-40(32-39)50-53-48(37-22-11-4-12-23-37)52-49(54-50)38-30-28-34(29-31-38)43-44-45(35-18-7-2-8-19-35)51-42-27-14-13-26-41(42)47(44)55-46(43)36-20-9-3-10-21-36/h1-32H. The van der Waals surface area contributed by atoms with Gasteiger partial charge in [0.1, 0.15) is 0 Å². The molecule has 0 aliphatic rings. The maximum Gasteiger partial charge on any atom is 0.164 e. The van der Waals surface area contributed by atoms with Gasteiger partial charge in [0.2, 0.25) is 0 Å². The Morgan fingerprint density at radius 3 is 1.45 bits per heavy atom. The second-order valence-electron chi connectivity index (χ2n) is 13.4. The van der Waals surface area contributed by atoms with Crippen molar-refractivity contribution in [2.24, 2.45) is 0 Å². The molecule has 55 heavy (non-hydrogen) atoms. The third-order valence-corrected chi connectivity index (χ3v) is 11.2. The van der Waals surface area contributed by atoms with Crippen LogP contribution in [0.5, 0.6) is 0 Å². The van der Waals surface area contributed by atoms with Crippen molar-refractivity contribution in [1.29, 1.82) is 0 Å². The molecule has 5 heteroatoms. The van der Waals surface area contributed by atoms with Gasteiger partial charge in [-0.25, -0.2) is 19.9 Å². The van der Waals surface area contributed by atoms with Crippen LogP contribution in [0.1, 0.15) is 0 Å².